The number of ether oxygens (including phenoxy) is 1. The summed E-state index contributed by atoms with van der Waals surface area (Å²) in [5.74, 6) is -0.582. The zero-order chi connectivity index (χ0) is 16.3. The molecule has 0 aliphatic carbocycles. The highest BCUT2D eigenvalue weighted by atomic mass is 32.2. The summed E-state index contributed by atoms with van der Waals surface area (Å²) in [7, 11) is -3.66. The summed E-state index contributed by atoms with van der Waals surface area (Å²) in [5, 5.41) is 0. The quantitative estimate of drug-likeness (QED) is 0.875. The van der Waals surface area contributed by atoms with Crippen LogP contribution in [-0.2, 0) is 19.6 Å². The van der Waals surface area contributed by atoms with Crippen molar-refractivity contribution in [3.8, 4) is 0 Å². The molecule has 2 aliphatic heterocycles. The predicted molar refractivity (Wildman–Crippen MR) is 87.7 cm³/mol. The monoisotopic (exact) mass is 338 g/mol. The SMILES string of the molecule is O=C(NS(=O)(=O)C[C@H]1CCCO1)[C@H]1CCCN1c1ccccc1. The van der Waals surface area contributed by atoms with Crippen LogP contribution in [0.25, 0.3) is 0 Å². The lowest BCUT2D eigenvalue weighted by Crippen LogP contribution is -2.47. The van der Waals surface area contributed by atoms with Crippen molar-refractivity contribution in [3.05, 3.63) is 30.3 Å². The van der Waals surface area contributed by atoms with Crippen LogP contribution in [0, 0.1) is 0 Å². The van der Waals surface area contributed by atoms with Crippen LogP contribution in [0.2, 0.25) is 0 Å². The molecule has 6 nitrogen and oxygen atoms in total. The fourth-order valence-corrected chi connectivity index (χ4v) is 4.53. The number of rotatable bonds is 5. The van der Waals surface area contributed by atoms with Gasteiger partial charge in [0.25, 0.3) is 5.91 Å². The average Bonchev–Trinajstić information content (AvgIpc) is 3.18. The van der Waals surface area contributed by atoms with Crippen molar-refractivity contribution < 1.29 is 17.9 Å². The third-order valence-corrected chi connectivity index (χ3v) is 5.65. The minimum atomic E-state index is -3.66. The second-order valence-electron chi connectivity index (χ2n) is 6.07. The van der Waals surface area contributed by atoms with Gasteiger partial charge in [-0.25, -0.2) is 8.42 Å². The summed E-state index contributed by atoms with van der Waals surface area (Å²) in [4.78, 5) is 14.4. The molecule has 0 unspecified atom stereocenters. The van der Waals surface area contributed by atoms with Crippen molar-refractivity contribution >= 4 is 21.6 Å². The van der Waals surface area contributed by atoms with E-state index in [1.54, 1.807) is 0 Å². The third kappa shape index (κ3) is 4.03. The molecule has 0 aromatic heterocycles. The number of amides is 1. The van der Waals surface area contributed by atoms with E-state index in [0.29, 0.717) is 13.0 Å². The van der Waals surface area contributed by atoms with E-state index in [9.17, 15) is 13.2 Å². The van der Waals surface area contributed by atoms with Gasteiger partial charge >= 0.3 is 0 Å². The van der Waals surface area contributed by atoms with Crippen molar-refractivity contribution in [2.24, 2.45) is 0 Å². The van der Waals surface area contributed by atoms with Crippen LogP contribution in [0.5, 0.6) is 0 Å². The third-order valence-electron chi connectivity index (χ3n) is 4.33. The fourth-order valence-electron chi connectivity index (χ4n) is 3.25. The smallest absolute Gasteiger partial charge is 0.256 e. The molecule has 2 heterocycles. The lowest BCUT2D eigenvalue weighted by atomic mass is 10.2. The van der Waals surface area contributed by atoms with Crippen LogP contribution in [0.15, 0.2) is 30.3 Å². The average molecular weight is 338 g/mol. The van der Waals surface area contributed by atoms with Gasteiger partial charge in [0, 0.05) is 18.8 Å². The minimum Gasteiger partial charge on any atom is -0.377 e. The molecule has 1 amide bonds. The summed E-state index contributed by atoms with van der Waals surface area (Å²) >= 11 is 0. The Kier molecular flexibility index (Phi) is 4.87. The molecule has 0 spiro atoms. The lowest BCUT2D eigenvalue weighted by molar-refractivity contribution is -0.120. The number of sulfonamides is 1. The summed E-state index contributed by atoms with van der Waals surface area (Å²) < 4.78 is 31.9. The fraction of sp³-hybridized carbons (Fsp3) is 0.562. The Balaban J connectivity index is 1.64. The van der Waals surface area contributed by atoms with Gasteiger partial charge in [0.2, 0.25) is 10.0 Å². The largest absolute Gasteiger partial charge is 0.377 e. The van der Waals surface area contributed by atoms with E-state index in [4.69, 9.17) is 4.74 Å². The normalized spacial score (nSPS) is 24.8. The first-order valence-corrected chi connectivity index (χ1v) is 9.68. The topological polar surface area (TPSA) is 75.7 Å². The maximum absolute atomic E-state index is 12.4. The molecule has 1 N–H and O–H groups in total. The Morgan fingerprint density at radius 3 is 2.70 bits per heavy atom. The van der Waals surface area contributed by atoms with Gasteiger partial charge in [0.05, 0.1) is 11.9 Å². The Bertz CT molecular complexity index is 641. The number of para-hydroxylation sites is 1. The number of hydrogen-bond acceptors (Lipinski definition) is 5. The molecule has 23 heavy (non-hydrogen) atoms. The lowest BCUT2D eigenvalue weighted by Gasteiger charge is -2.26. The predicted octanol–water partition coefficient (Wildman–Crippen LogP) is 1.28. The zero-order valence-corrected chi connectivity index (χ0v) is 13.8. The molecule has 0 radical (unpaired) electrons. The van der Waals surface area contributed by atoms with Crippen LogP contribution >= 0.6 is 0 Å². The molecule has 2 atom stereocenters. The first-order chi connectivity index (χ1) is 11.1. The summed E-state index contributed by atoms with van der Waals surface area (Å²) in [6.45, 7) is 1.35. The van der Waals surface area contributed by atoms with Crippen LogP contribution in [0.1, 0.15) is 25.7 Å². The zero-order valence-electron chi connectivity index (χ0n) is 13.0. The van der Waals surface area contributed by atoms with Crippen LogP contribution in [-0.4, -0.2) is 45.4 Å². The molecule has 1 aromatic carbocycles. The van der Waals surface area contributed by atoms with E-state index in [0.717, 1.165) is 31.5 Å². The Morgan fingerprint density at radius 2 is 2.00 bits per heavy atom. The number of carbonyl (C=O) groups is 1. The summed E-state index contributed by atoms with van der Waals surface area (Å²) in [5.41, 5.74) is 0.946. The molecule has 1 aromatic rings. The minimum absolute atomic E-state index is 0.142. The molecule has 126 valence electrons. The maximum atomic E-state index is 12.4. The molecule has 0 saturated carbocycles. The highest BCUT2D eigenvalue weighted by Crippen LogP contribution is 2.25. The van der Waals surface area contributed by atoms with Crippen molar-refractivity contribution in [1.29, 1.82) is 0 Å². The highest BCUT2D eigenvalue weighted by Gasteiger charge is 2.34. The number of anilines is 1. The molecule has 2 aliphatic rings. The second-order valence-corrected chi connectivity index (χ2v) is 7.84. The van der Waals surface area contributed by atoms with Gasteiger partial charge in [0.15, 0.2) is 0 Å². The molecule has 3 rings (SSSR count). The van der Waals surface area contributed by atoms with Crippen LogP contribution in [0.4, 0.5) is 5.69 Å². The van der Waals surface area contributed by atoms with Crippen LogP contribution in [0.3, 0.4) is 0 Å². The number of carbonyl (C=O) groups excluding carboxylic acids is 1. The molecule has 0 bridgehead atoms. The van der Waals surface area contributed by atoms with Gasteiger partial charge in [-0.2, -0.15) is 0 Å². The first-order valence-electron chi connectivity index (χ1n) is 8.03. The Labute approximate surface area is 136 Å². The van der Waals surface area contributed by atoms with Crippen molar-refractivity contribution in [2.75, 3.05) is 23.8 Å². The van der Waals surface area contributed by atoms with Gasteiger partial charge in [0.1, 0.15) is 6.04 Å². The summed E-state index contributed by atoms with van der Waals surface area (Å²) in [6, 6.07) is 9.18. The number of nitrogens with one attached hydrogen (secondary N) is 1. The van der Waals surface area contributed by atoms with Gasteiger partial charge in [-0.05, 0) is 37.8 Å². The van der Waals surface area contributed by atoms with Gasteiger partial charge in [-0.1, -0.05) is 18.2 Å². The molecule has 7 heteroatoms. The van der Waals surface area contributed by atoms with Crippen molar-refractivity contribution in [2.45, 2.75) is 37.8 Å². The standard InChI is InChI=1S/C16H22N2O4S/c19-16(17-23(20,21)12-14-8-5-11-22-14)15-9-4-10-18(15)13-6-2-1-3-7-13/h1-3,6-7,14-15H,4-5,8-12H2,(H,17,19)/t14-,15-/m1/s1. The van der Waals surface area contributed by atoms with Gasteiger partial charge < -0.3 is 9.64 Å². The first kappa shape index (κ1) is 16.3. The van der Waals surface area contributed by atoms with Crippen LogP contribution < -0.4 is 9.62 Å². The van der Waals surface area contributed by atoms with Gasteiger partial charge in [-0.15, -0.1) is 0 Å². The number of nitrogens with zero attached hydrogens (tertiary/aromatic N) is 1. The van der Waals surface area contributed by atoms with E-state index in [1.165, 1.54) is 0 Å². The highest BCUT2D eigenvalue weighted by molar-refractivity contribution is 7.90. The molecular formula is C16H22N2O4S. The summed E-state index contributed by atoms with van der Waals surface area (Å²) in [6.07, 6.45) is 2.84. The molecular weight excluding hydrogens is 316 g/mol. The second kappa shape index (κ2) is 6.88. The van der Waals surface area contributed by atoms with E-state index in [2.05, 4.69) is 4.72 Å². The van der Waals surface area contributed by atoms with Crippen molar-refractivity contribution in [1.82, 2.24) is 4.72 Å². The molecule has 2 saturated heterocycles. The van der Waals surface area contributed by atoms with Crippen molar-refractivity contribution in [3.63, 3.8) is 0 Å². The maximum Gasteiger partial charge on any atom is 0.256 e. The Hall–Kier alpha value is -1.60. The number of benzene rings is 1. The van der Waals surface area contributed by atoms with E-state index in [-0.39, 0.29) is 11.9 Å². The van der Waals surface area contributed by atoms with E-state index < -0.39 is 22.0 Å². The Morgan fingerprint density at radius 1 is 1.22 bits per heavy atom. The van der Waals surface area contributed by atoms with E-state index in [1.807, 2.05) is 35.2 Å². The number of hydrogen-bond donors (Lipinski definition) is 1. The molecule has 2 fully saturated rings. The van der Waals surface area contributed by atoms with E-state index >= 15 is 0 Å². The van der Waals surface area contributed by atoms with Gasteiger partial charge in [-0.3, -0.25) is 9.52 Å².